The molecular weight excluding hydrogens is 517 g/mol. The first-order chi connectivity index (χ1) is 16.8. The van der Waals surface area contributed by atoms with Crippen LogP contribution in [0.1, 0.15) is 11.1 Å². The Morgan fingerprint density at radius 3 is 2.51 bits per heavy atom. The van der Waals surface area contributed by atoms with Gasteiger partial charge in [0.15, 0.2) is 0 Å². The maximum Gasteiger partial charge on any atom is 0.250 e. The minimum atomic E-state index is -1.59. The number of fused-ring (bicyclic) bond motifs is 4. The Balaban J connectivity index is 1.50. The van der Waals surface area contributed by atoms with Crippen LogP contribution in [0.3, 0.4) is 0 Å². The third-order valence-electron chi connectivity index (χ3n) is 7.14. The molecule has 3 heterocycles. The van der Waals surface area contributed by atoms with Crippen LogP contribution in [0.15, 0.2) is 71.2 Å². The summed E-state index contributed by atoms with van der Waals surface area (Å²) in [4.78, 5) is 42.3. The first-order valence-corrected chi connectivity index (χ1v) is 11.9. The zero-order valence-electron chi connectivity index (χ0n) is 18.2. The summed E-state index contributed by atoms with van der Waals surface area (Å²) in [6.07, 6.45) is 0.326. The quantitative estimate of drug-likeness (QED) is 0.446. The predicted octanol–water partition coefficient (Wildman–Crippen LogP) is 3.46. The van der Waals surface area contributed by atoms with Gasteiger partial charge >= 0.3 is 0 Å². The fourth-order valence-electron chi connectivity index (χ4n) is 5.70. The molecule has 0 bridgehead atoms. The average Bonchev–Trinajstić information content (AvgIpc) is 3.40. The van der Waals surface area contributed by atoms with E-state index in [-0.39, 0.29) is 5.75 Å². The number of nitrogens with zero attached hydrogens (tertiary/aromatic N) is 1. The number of rotatable bonds is 3. The highest BCUT2D eigenvalue weighted by Crippen LogP contribution is 2.54. The van der Waals surface area contributed by atoms with Crippen molar-refractivity contribution in [3.05, 3.63) is 88.1 Å². The number of aromatic hydroxyl groups is 1. The molecule has 7 nitrogen and oxygen atoms in total. The van der Waals surface area contributed by atoms with Crippen molar-refractivity contribution in [3.63, 3.8) is 0 Å². The number of phenolic OH excluding ortho intramolecular Hbond substituents is 1. The molecular formula is C26H19BrFN3O4. The summed E-state index contributed by atoms with van der Waals surface area (Å²) in [5, 5.41) is 15.7. The molecule has 4 atom stereocenters. The van der Waals surface area contributed by atoms with E-state index in [2.05, 4.69) is 26.6 Å². The van der Waals surface area contributed by atoms with Gasteiger partial charge in [0.05, 0.1) is 17.5 Å². The van der Waals surface area contributed by atoms with Gasteiger partial charge in [0.2, 0.25) is 17.7 Å². The van der Waals surface area contributed by atoms with Crippen LogP contribution in [0.25, 0.3) is 0 Å². The Bertz CT molecular complexity index is 1410. The summed E-state index contributed by atoms with van der Waals surface area (Å²) >= 11 is 3.38. The zero-order chi connectivity index (χ0) is 24.5. The number of halogens is 2. The standard InChI is InChI=1S/C26H19BrFN3O4/c27-14-2-1-3-16(11-14)31-23(33)21-20(10-13-4-7-17(32)8-5-13)30-26(22(21)24(31)34)18-12-15(28)6-9-19(18)29-25(26)35/h1-9,11-12,20-22,30,32H,10H2,(H,29,35). The molecule has 0 aromatic heterocycles. The summed E-state index contributed by atoms with van der Waals surface area (Å²) in [5.41, 5.74) is 0.365. The number of hydrogen-bond donors (Lipinski definition) is 3. The van der Waals surface area contributed by atoms with Crippen molar-refractivity contribution in [2.24, 2.45) is 11.8 Å². The molecule has 4 unspecified atom stereocenters. The first kappa shape index (κ1) is 21.9. The van der Waals surface area contributed by atoms with Crippen LogP contribution >= 0.6 is 15.9 Å². The molecule has 0 radical (unpaired) electrons. The topological polar surface area (TPSA) is 98.7 Å². The summed E-state index contributed by atoms with van der Waals surface area (Å²) in [7, 11) is 0. The van der Waals surface area contributed by atoms with Gasteiger partial charge in [-0.1, -0.05) is 34.1 Å². The van der Waals surface area contributed by atoms with Gasteiger partial charge < -0.3 is 10.4 Å². The van der Waals surface area contributed by atoms with Gasteiger partial charge in [0, 0.05) is 21.8 Å². The van der Waals surface area contributed by atoms with Gasteiger partial charge in [-0.05, 0) is 60.5 Å². The Labute approximate surface area is 208 Å². The molecule has 176 valence electrons. The second-order valence-corrected chi connectivity index (χ2v) is 9.98. The molecule has 3 amide bonds. The molecule has 6 rings (SSSR count). The van der Waals surface area contributed by atoms with Crippen LogP contribution < -0.4 is 15.5 Å². The molecule has 1 spiro atoms. The molecule has 3 aromatic rings. The van der Waals surface area contributed by atoms with E-state index in [0.717, 1.165) is 10.5 Å². The molecule has 3 aliphatic rings. The second kappa shape index (κ2) is 7.73. The average molecular weight is 536 g/mol. The third kappa shape index (κ3) is 3.15. The summed E-state index contributed by atoms with van der Waals surface area (Å²) in [5.74, 6) is -3.75. The lowest BCUT2D eigenvalue weighted by Gasteiger charge is -2.29. The number of imide groups is 1. The maximum absolute atomic E-state index is 14.4. The van der Waals surface area contributed by atoms with Crippen molar-refractivity contribution < 1.29 is 23.9 Å². The molecule has 2 fully saturated rings. The van der Waals surface area contributed by atoms with E-state index in [0.29, 0.717) is 27.8 Å². The Morgan fingerprint density at radius 1 is 1.00 bits per heavy atom. The number of phenols is 1. The molecule has 3 N–H and O–H groups in total. The van der Waals surface area contributed by atoms with Crippen molar-refractivity contribution in [1.29, 1.82) is 0 Å². The lowest BCUT2D eigenvalue weighted by molar-refractivity contribution is -0.130. The maximum atomic E-state index is 14.4. The highest BCUT2D eigenvalue weighted by molar-refractivity contribution is 9.10. The minimum absolute atomic E-state index is 0.106. The van der Waals surface area contributed by atoms with E-state index in [4.69, 9.17) is 0 Å². The fourth-order valence-corrected chi connectivity index (χ4v) is 6.09. The number of hydrogen-bond acceptors (Lipinski definition) is 5. The molecule has 0 aliphatic carbocycles. The molecule has 2 saturated heterocycles. The SMILES string of the molecule is O=C1C2C(Cc3ccc(O)cc3)NC3(C(=O)Nc4ccc(F)cc43)C2C(=O)N1c1cccc(Br)c1. The highest BCUT2D eigenvalue weighted by Gasteiger charge is 2.70. The van der Waals surface area contributed by atoms with Gasteiger partial charge in [0.25, 0.3) is 0 Å². The Kier molecular flexibility index (Phi) is 4.84. The van der Waals surface area contributed by atoms with E-state index < -0.39 is 47.0 Å². The van der Waals surface area contributed by atoms with E-state index in [1.165, 1.54) is 18.2 Å². The van der Waals surface area contributed by atoms with Gasteiger partial charge in [-0.2, -0.15) is 0 Å². The van der Waals surface area contributed by atoms with E-state index >= 15 is 0 Å². The lowest BCUT2D eigenvalue weighted by Crippen LogP contribution is -2.53. The smallest absolute Gasteiger partial charge is 0.250 e. The van der Waals surface area contributed by atoms with Crippen LogP contribution in [0.2, 0.25) is 0 Å². The summed E-state index contributed by atoms with van der Waals surface area (Å²) < 4.78 is 15.1. The van der Waals surface area contributed by atoms with Crippen molar-refractivity contribution in [2.75, 3.05) is 10.2 Å². The van der Waals surface area contributed by atoms with Crippen molar-refractivity contribution in [3.8, 4) is 5.75 Å². The summed E-state index contributed by atoms with van der Waals surface area (Å²) in [6.45, 7) is 0. The van der Waals surface area contributed by atoms with Crippen molar-refractivity contribution in [2.45, 2.75) is 18.0 Å². The van der Waals surface area contributed by atoms with Gasteiger partial charge in [-0.15, -0.1) is 0 Å². The third-order valence-corrected chi connectivity index (χ3v) is 7.63. The Hall–Kier alpha value is -3.56. The molecule has 9 heteroatoms. The fraction of sp³-hybridized carbons (Fsp3) is 0.192. The lowest BCUT2D eigenvalue weighted by atomic mass is 9.76. The minimum Gasteiger partial charge on any atom is -0.508 e. The molecule has 0 saturated carbocycles. The van der Waals surface area contributed by atoms with Crippen LogP contribution in [0.5, 0.6) is 5.75 Å². The van der Waals surface area contributed by atoms with E-state index in [1.807, 2.05) is 0 Å². The van der Waals surface area contributed by atoms with Crippen LogP contribution in [-0.2, 0) is 26.3 Å². The number of nitrogens with one attached hydrogen (secondary N) is 2. The summed E-state index contributed by atoms with van der Waals surface area (Å²) in [6, 6.07) is 16.8. The number of carbonyl (C=O) groups is 3. The van der Waals surface area contributed by atoms with Crippen molar-refractivity contribution >= 4 is 45.0 Å². The van der Waals surface area contributed by atoms with Crippen LogP contribution in [0.4, 0.5) is 15.8 Å². The second-order valence-electron chi connectivity index (χ2n) is 9.07. The molecule has 3 aliphatic heterocycles. The predicted molar refractivity (Wildman–Crippen MR) is 129 cm³/mol. The number of amides is 3. The first-order valence-electron chi connectivity index (χ1n) is 11.1. The Morgan fingerprint density at radius 2 is 1.77 bits per heavy atom. The monoisotopic (exact) mass is 535 g/mol. The van der Waals surface area contributed by atoms with Gasteiger partial charge in [-0.3, -0.25) is 19.7 Å². The zero-order valence-corrected chi connectivity index (χ0v) is 19.8. The van der Waals surface area contributed by atoms with Gasteiger partial charge in [-0.25, -0.2) is 9.29 Å². The number of anilines is 2. The van der Waals surface area contributed by atoms with Crippen LogP contribution in [0, 0.1) is 17.7 Å². The molecule has 35 heavy (non-hydrogen) atoms. The number of carbonyl (C=O) groups excluding carboxylic acids is 3. The molecule has 3 aromatic carbocycles. The normalized spacial score (nSPS) is 26.9. The van der Waals surface area contributed by atoms with Gasteiger partial charge in [0.1, 0.15) is 17.1 Å². The largest absolute Gasteiger partial charge is 0.508 e. The van der Waals surface area contributed by atoms with Crippen LogP contribution in [-0.4, -0.2) is 28.9 Å². The van der Waals surface area contributed by atoms with E-state index in [1.54, 1.807) is 48.5 Å². The highest BCUT2D eigenvalue weighted by atomic mass is 79.9. The number of benzene rings is 3. The van der Waals surface area contributed by atoms with E-state index in [9.17, 15) is 23.9 Å². The van der Waals surface area contributed by atoms with Crippen molar-refractivity contribution in [1.82, 2.24) is 5.32 Å².